The lowest BCUT2D eigenvalue weighted by Crippen LogP contribution is -2.16. The maximum atomic E-state index is 11.7. The molecule has 2 rings (SSSR count). The fourth-order valence-electron chi connectivity index (χ4n) is 1.44. The van der Waals surface area contributed by atoms with Crippen molar-refractivity contribution in [3.8, 4) is 5.69 Å². The minimum Gasteiger partial charge on any atom is -0.284 e. The maximum absolute atomic E-state index is 11.7. The summed E-state index contributed by atoms with van der Waals surface area (Å²) in [5, 5.41) is 0. The summed E-state index contributed by atoms with van der Waals surface area (Å²) < 4.78 is 8.86. The molecule has 1 heterocycles. The molecule has 0 saturated heterocycles. The van der Waals surface area contributed by atoms with E-state index < -0.39 is 0 Å². The van der Waals surface area contributed by atoms with E-state index in [1.54, 1.807) is 16.8 Å². The Labute approximate surface area is 90.2 Å². The standard InChI is InChI=1S/C13H13NO/c1-10-3-6-12(7-4-10)14-9-11(2)5-8-13(14)15/h3-9H,1-2H3/i2D. The highest BCUT2D eigenvalue weighted by Gasteiger charge is 1.98. The lowest BCUT2D eigenvalue weighted by atomic mass is 10.2. The zero-order valence-corrected chi connectivity index (χ0v) is 8.60. The summed E-state index contributed by atoms with van der Waals surface area (Å²) in [5.41, 5.74) is 2.76. The first-order chi connectivity index (χ1) is 7.70. The Morgan fingerprint density at radius 1 is 1.07 bits per heavy atom. The Hall–Kier alpha value is -1.83. The van der Waals surface area contributed by atoms with Gasteiger partial charge in [-0.05, 0) is 31.5 Å². The molecule has 0 fully saturated rings. The van der Waals surface area contributed by atoms with Crippen molar-refractivity contribution in [2.45, 2.75) is 13.8 Å². The average molecular weight is 200 g/mol. The highest BCUT2D eigenvalue weighted by atomic mass is 16.1. The minimum atomic E-state index is -0.0685. The van der Waals surface area contributed by atoms with Gasteiger partial charge in [-0.3, -0.25) is 9.36 Å². The number of pyridine rings is 1. The zero-order valence-electron chi connectivity index (χ0n) is 9.60. The third-order valence-electron chi connectivity index (χ3n) is 2.28. The molecule has 2 heteroatoms. The van der Waals surface area contributed by atoms with Crippen LogP contribution < -0.4 is 5.56 Å². The lowest BCUT2D eigenvalue weighted by molar-refractivity contribution is 0.975. The van der Waals surface area contributed by atoms with Crippen LogP contribution >= 0.6 is 0 Å². The monoisotopic (exact) mass is 200 g/mol. The third-order valence-corrected chi connectivity index (χ3v) is 2.28. The highest BCUT2D eigenvalue weighted by molar-refractivity contribution is 5.35. The van der Waals surface area contributed by atoms with Crippen molar-refractivity contribution in [1.82, 2.24) is 4.57 Å². The van der Waals surface area contributed by atoms with Gasteiger partial charge < -0.3 is 0 Å². The van der Waals surface area contributed by atoms with Crippen LogP contribution in [0.2, 0.25) is 0 Å². The minimum absolute atomic E-state index is 0.0685. The van der Waals surface area contributed by atoms with E-state index in [-0.39, 0.29) is 12.5 Å². The molecule has 2 nitrogen and oxygen atoms in total. The normalized spacial score (nSPS) is 11.1. The molecule has 2 aromatic rings. The third kappa shape index (κ3) is 1.99. The molecule has 0 aliphatic carbocycles. The van der Waals surface area contributed by atoms with Gasteiger partial charge in [0.25, 0.3) is 5.56 Å². The fourth-order valence-corrected chi connectivity index (χ4v) is 1.44. The van der Waals surface area contributed by atoms with E-state index >= 15 is 0 Å². The van der Waals surface area contributed by atoms with Gasteiger partial charge in [-0.1, -0.05) is 23.8 Å². The molecule has 0 aliphatic heterocycles. The molecule has 0 saturated carbocycles. The van der Waals surface area contributed by atoms with E-state index in [1.165, 1.54) is 6.07 Å². The van der Waals surface area contributed by atoms with Gasteiger partial charge in [0, 0.05) is 19.3 Å². The van der Waals surface area contributed by atoms with Crippen molar-refractivity contribution in [3.05, 3.63) is 64.1 Å². The topological polar surface area (TPSA) is 22.0 Å². The van der Waals surface area contributed by atoms with Crippen LogP contribution in [0, 0.1) is 13.8 Å². The molecule has 15 heavy (non-hydrogen) atoms. The van der Waals surface area contributed by atoms with Gasteiger partial charge >= 0.3 is 0 Å². The molecule has 0 N–H and O–H groups in total. The number of aromatic nitrogens is 1. The molecule has 1 aromatic heterocycles. The van der Waals surface area contributed by atoms with E-state index in [9.17, 15) is 4.79 Å². The van der Waals surface area contributed by atoms with Crippen LogP contribution in [0.25, 0.3) is 5.69 Å². The summed E-state index contributed by atoms with van der Waals surface area (Å²) in [6.07, 6.45) is 1.72. The maximum Gasteiger partial charge on any atom is 0.255 e. The van der Waals surface area contributed by atoms with Gasteiger partial charge in [0.2, 0.25) is 0 Å². The average Bonchev–Trinajstić information content (AvgIpc) is 2.31. The van der Waals surface area contributed by atoms with E-state index in [4.69, 9.17) is 1.37 Å². The largest absolute Gasteiger partial charge is 0.284 e. The van der Waals surface area contributed by atoms with Crippen LogP contribution in [0.4, 0.5) is 0 Å². The molecule has 0 bridgehead atoms. The first kappa shape index (κ1) is 8.48. The first-order valence-electron chi connectivity index (χ1n) is 5.49. The van der Waals surface area contributed by atoms with Crippen molar-refractivity contribution >= 4 is 0 Å². The molecule has 0 aliphatic rings. The summed E-state index contributed by atoms with van der Waals surface area (Å²) in [7, 11) is 0. The molecule has 0 radical (unpaired) electrons. The van der Waals surface area contributed by atoms with Gasteiger partial charge in [-0.25, -0.2) is 0 Å². The molecule has 0 unspecified atom stereocenters. The van der Waals surface area contributed by atoms with Crippen molar-refractivity contribution in [2.24, 2.45) is 0 Å². The number of hydrogen-bond donors (Lipinski definition) is 0. The van der Waals surface area contributed by atoms with Crippen LogP contribution in [0.1, 0.15) is 12.5 Å². The van der Waals surface area contributed by atoms with Gasteiger partial charge in [0.1, 0.15) is 0 Å². The predicted molar refractivity (Wildman–Crippen MR) is 61.5 cm³/mol. The van der Waals surface area contributed by atoms with Gasteiger partial charge in [0.05, 0.1) is 0 Å². The Morgan fingerprint density at radius 2 is 1.73 bits per heavy atom. The smallest absolute Gasteiger partial charge is 0.255 e. The molecule has 1 aromatic carbocycles. The number of rotatable bonds is 1. The van der Waals surface area contributed by atoms with Crippen LogP contribution in [-0.4, -0.2) is 4.57 Å². The van der Waals surface area contributed by atoms with Crippen molar-refractivity contribution in [3.63, 3.8) is 0 Å². The summed E-state index contributed by atoms with van der Waals surface area (Å²) >= 11 is 0. The number of nitrogens with zero attached hydrogens (tertiary/aromatic N) is 1. The van der Waals surface area contributed by atoms with Gasteiger partial charge in [-0.2, -0.15) is 0 Å². The number of benzene rings is 1. The van der Waals surface area contributed by atoms with Crippen molar-refractivity contribution in [2.75, 3.05) is 0 Å². The molecule has 0 atom stereocenters. The van der Waals surface area contributed by atoms with Gasteiger partial charge in [-0.15, -0.1) is 0 Å². The Morgan fingerprint density at radius 3 is 2.40 bits per heavy atom. The molecule has 0 amide bonds. The van der Waals surface area contributed by atoms with Gasteiger partial charge in [0.15, 0.2) is 0 Å². The predicted octanol–water partition coefficient (Wildman–Crippen LogP) is 2.45. The lowest BCUT2D eigenvalue weighted by Gasteiger charge is -2.06. The van der Waals surface area contributed by atoms with Crippen molar-refractivity contribution in [1.29, 1.82) is 0 Å². The second-order valence-corrected chi connectivity index (χ2v) is 3.58. The van der Waals surface area contributed by atoms with E-state index in [0.717, 1.165) is 16.8 Å². The molecular formula is C13H13NO. The van der Waals surface area contributed by atoms with Crippen LogP contribution in [0.15, 0.2) is 47.4 Å². The second kappa shape index (κ2) is 3.73. The molecular weight excluding hydrogens is 186 g/mol. The summed E-state index contributed by atoms with van der Waals surface area (Å²) in [5.74, 6) is 0. The summed E-state index contributed by atoms with van der Waals surface area (Å²) in [6, 6.07) is 10.9. The second-order valence-electron chi connectivity index (χ2n) is 3.58. The Balaban J connectivity index is 2.54. The van der Waals surface area contributed by atoms with Crippen LogP contribution in [0.3, 0.4) is 0 Å². The van der Waals surface area contributed by atoms with E-state index in [2.05, 4.69) is 0 Å². The van der Waals surface area contributed by atoms with Crippen molar-refractivity contribution < 1.29 is 1.37 Å². The Bertz CT molecular complexity index is 543. The quantitative estimate of drug-likeness (QED) is 0.693. The summed E-state index contributed by atoms with van der Waals surface area (Å²) in [4.78, 5) is 11.7. The number of hydrogen-bond acceptors (Lipinski definition) is 1. The van der Waals surface area contributed by atoms with E-state index in [1.807, 2.05) is 31.2 Å². The van der Waals surface area contributed by atoms with Crippen LogP contribution in [-0.2, 0) is 0 Å². The first-order valence-corrected chi connectivity index (χ1v) is 4.78. The number of aryl methyl sites for hydroxylation is 2. The molecule has 76 valence electrons. The van der Waals surface area contributed by atoms with E-state index in [0.29, 0.717) is 0 Å². The zero-order chi connectivity index (χ0) is 11.5. The fraction of sp³-hybridized carbons (Fsp3) is 0.154. The summed E-state index contributed by atoms with van der Waals surface area (Å²) in [6.45, 7) is 2.19. The SMILES string of the molecule is [2H]Cc1ccc(=O)n(-c2ccc(C)cc2)c1. The highest BCUT2D eigenvalue weighted by Crippen LogP contribution is 2.07. The van der Waals surface area contributed by atoms with Crippen LogP contribution in [0.5, 0.6) is 0 Å². The molecule has 0 spiro atoms. The Kier molecular flexibility index (Phi) is 2.11.